The third kappa shape index (κ3) is 3.02. The highest BCUT2D eigenvalue weighted by Gasteiger charge is 2.33. The molecule has 0 aromatic heterocycles. The maximum Gasteiger partial charge on any atom is 0.239 e. The molecule has 1 heterocycles. The molecule has 1 aliphatic carbocycles. The molecule has 5 heteroatoms. The molecule has 1 saturated heterocycles. The number of amides is 2. The van der Waals surface area contributed by atoms with E-state index in [1.54, 1.807) is 4.90 Å². The van der Waals surface area contributed by atoms with Gasteiger partial charge in [-0.05, 0) is 31.7 Å². The summed E-state index contributed by atoms with van der Waals surface area (Å²) in [5.74, 6) is 0.440. The summed E-state index contributed by atoms with van der Waals surface area (Å²) in [7, 11) is 0. The molecule has 2 rings (SSSR count). The molecule has 0 spiro atoms. The van der Waals surface area contributed by atoms with Gasteiger partial charge in [0, 0.05) is 19.0 Å². The second-order valence-electron chi connectivity index (χ2n) is 5.35. The summed E-state index contributed by atoms with van der Waals surface area (Å²) in [6, 6.07) is 0. The molecule has 3 N–H and O–H groups in total. The number of hydrogen-bond donors (Lipinski definition) is 2. The normalized spacial score (nSPS) is 29.6. The van der Waals surface area contributed by atoms with Gasteiger partial charge in [-0.25, -0.2) is 0 Å². The van der Waals surface area contributed by atoms with Gasteiger partial charge in [-0.2, -0.15) is 0 Å². The quantitative estimate of drug-likeness (QED) is 0.733. The van der Waals surface area contributed by atoms with Crippen molar-refractivity contribution in [2.24, 2.45) is 17.6 Å². The molecule has 2 fully saturated rings. The Bertz CT molecular complexity index is 319. The van der Waals surface area contributed by atoms with Crippen LogP contribution in [0, 0.1) is 11.8 Å². The summed E-state index contributed by atoms with van der Waals surface area (Å²) in [6.07, 6.45) is 5.10. The minimum atomic E-state index is -0.0408. The predicted octanol–water partition coefficient (Wildman–Crippen LogP) is 0.100. The first kappa shape index (κ1) is 13.3. The highest BCUT2D eigenvalue weighted by atomic mass is 16.2. The molecule has 1 saturated carbocycles. The zero-order chi connectivity index (χ0) is 13.0. The second-order valence-corrected chi connectivity index (χ2v) is 5.35. The van der Waals surface area contributed by atoms with E-state index in [0.717, 1.165) is 25.7 Å². The predicted molar refractivity (Wildman–Crippen MR) is 68.7 cm³/mol. The second kappa shape index (κ2) is 6.18. The first-order chi connectivity index (χ1) is 8.72. The Balaban J connectivity index is 2.01. The van der Waals surface area contributed by atoms with Crippen LogP contribution < -0.4 is 11.1 Å². The van der Waals surface area contributed by atoms with Gasteiger partial charge in [-0.1, -0.05) is 12.8 Å². The van der Waals surface area contributed by atoms with Crippen LogP contribution in [0.1, 0.15) is 32.1 Å². The highest BCUT2D eigenvalue weighted by Crippen LogP contribution is 2.30. The third-order valence-corrected chi connectivity index (χ3v) is 4.10. The van der Waals surface area contributed by atoms with Crippen LogP contribution in [0.25, 0.3) is 0 Å². The SMILES string of the molecule is NCC1CCCCC1C(=O)N1CCCNC(=O)C1. The zero-order valence-electron chi connectivity index (χ0n) is 10.9. The molecule has 2 unspecified atom stereocenters. The van der Waals surface area contributed by atoms with Crippen LogP contribution in [-0.4, -0.2) is 42.9 Å². The van der Waals surface area contributed by atoms with Crippen LogP contribution in [0.4, 0.5) is 0 Å². The lowest BCUT2D eigenvalue weighted by Gasteiger charge is -2.33. The van der Waals surface area contributed by atoms with Crippen molar-refractivity contribution < 1.29 is 9.59 Å². The van der Waals surface area contributed by atoms with Crippen LogP contribution >= 0.6 is 0 Å². The van der Waals surface area contributed by atoms with Gasteiger partial charge < -0.3 is 16.0 Å². The Morgan fingerprint density at radius 1 is 1.33 bits per heavy atom. The minimum Gasteiger partial charge on any atom is -0.354 e. The Kier molecular flexibility index (Phi) is 4.58. The minimum absolute atomic E-state index is 0.0367. The molecule has 18 heavy (non-hydrogen) atoms. The number of carbonyl (C=O) groups excluding carboxylic acids is 2. The Labute approximate surface area is 108 Å². The van der Waals surface area contributed by atoms with Crippen molar-refractivity contribution in [2.45, 2.75) is 32.1 Å². The lowest BCUT2D eigenvalue weighted by Crippen LogP contribution is -2.44. The van der Waals surface area contributed by atoms with E-state index in [9.17, 15) is 9.59 Å². The summed E-state index contributed by atoms with van der Waals surface area (Å²) in [5, 5.41) is 2.80. The first-order valence-electron chi connectivity index (χ1n) is 6.98. The van der Waals surface area contributed by atoms with Crippen molar-refractivity contribution in [3.05, 3.63) is 0 Å². The molecule has 2 amide bonds. The van der Waals surface area contributed by atoms with Gasteiger partial charge in [0.25, 0.3) is 0 Å². The summed E-state index contributed by atoms with van der Waals surface area (Å²) in [5.41, 5.74) is 5.77. The maximum absolute atomic E-state index is 12.5. The summed E-state index contributed by atoms with van der Waals surface area (Å²) < 4.78 is 0. The molecule has 0 aromatic rings. The van der Waals surface area contributed by atoms with Crippen LogP contribution in [0.15, 0.2) is 0 Å². The van der Waals surface area contributed by atoms with Crippen LogP contribution in [-0.2, 0) is 9.59 Å². The van der Waals surface area contributed by atoms with Crippen molar-refractivity contribution in [3.8, 4) is 0 Å². The molecule has 0 aromatic carbocycles. The Morgan fingerprint density at radius 2 is 2.11 bits per heavy atom. The first-order valence-corrected chi connectivity index (χ1v) is 6.98. The van der Waals surface area contributed by atoms with Gasteiger partial charge in [0.05, 0.1) is 6.54 Å². The van der Waals surface area contributed by atoms with Crippen molar-refractivity contribution in [1.29, 1.82) is 0 Å². The molecule has 0 radical (unpaired) electrons. The van der Waals surface area contributed by atoms with Crippen molar-refractivity contribution in [2.75, 3.05) is 26.2 Å². The highest BCUT2D eigenvalue weighted by molar-refractivity contribution is 5.86. The van der Waals surface area contributed by atoms with E-state index in [-0.39, 0.29) is 24.3 Å². The third-order valence-electron chi connectivity index (χ3n) is 4.10. The van der Waals surface area contributed by atoms with E-state index in [1.807, 2.05) is 0 Å². The van der Waals surface area contributed by atoms with Gasteiger partial charge in [-0.3, -0.25) is 9.59 Å². The van der Waals surface area contributed by atoms with Gasteiger partial charge in [0.1, 0.15) is 0 Å². The molecular formula is C13H23N3O2. The van der Waals surface area contributed by atoms with Gasteiger partial charge in [-0.15, -0.1) is 0 Å². The fourth-order valence-electron chi connectivity index (χ4n) is 3.04. The molecule has 0 bridgehead atoms. The van der Waals surface area contributed by atoms with Crippen molar-refractivity contribution in [3.63, 3.8) is 0 Å². The standard InChI is InChI=1S/C13H23N3O2/c14-8-10-4-1-2-5-11(10)13(18)16-7-3-6-15-12(17)9-16/h10-11H,1-9,14H2,(H,15,17). The number of nitrogens with one attached hydrogen (secondary N) is 1. The smallest absolute Gasteiger partial charge is 0.239 e. The number of rotatable bonds is 2. The zero-order valence-corrected chi connectivity index (χ0v) is 10.9. The van der Waals surface area contributed by atoms with E-state index in [4.69, 9.17) is 5.73 Å². The van der Waals surface area contributed by atoms with Gasteiger partial charge >= 0.3 is 0 Å². The Hall–Kier alpha value is -1.10. The molecule has 2 aliphatic rings. The van der Waals surface area contributed by atoms with Gasteiger partial charge in [0.15, 0.2) is 0 Å². The molecule has 102 valence electrons. The topological polar surface area (TPSA) is 75.4 Å². The summed E-state index contributed by atoms with van der Waals surface area (Å²) in [6.45, 7) is 2.15. The van der Waals surface area contributed by atoms with Crippen molar-refractivity contribution in [1.82, 2.24) is 10.2 Å². The fraction of sp³-hybridized carbons (Fsp3) is 0.846. The number of nitrogens with two attached hydrogens (primary N) is 1. The van der Waals surface area contributed by atoms with E-state index in [2.05, 4.69) is 5.32 Å². The van der Waals surface area contributed by atoms with E-state index < -0.39 is 0 Å². The molecular weight excluding hydrogens is 230 g/mol. The summed E-state index contributed by atoms with van der Waals surface area (Å²) in [4.78, 5) is 25.7. The average Bonchev–Trinajstić information content (AvgIpc) is 2.62. The molecule has 5 nitrogen and oxygen atoms in total. The maximum atomic E-state index is 12.5. The Morgan fingerprint density at radius 3 is 2.89 bits per heavy atom. The molecule has 1 aliphatic heterocycles. The largest absolute Gasteiger partial charge is 0.354 e. The number of hydrogen-bond acceptors (Lipinski definition) is 3. The van der Waals surface area contributed by atoms with E-state index in [0.29, 0.717) is 25.6 Å². The lowest BCUT2D eigenvalue weighted by atomic mass is 9.78. The van der Waals surface area contributed by atoms with Gasteiger partial charge in [0.2, 0.25) is 11.8 Å². The fourth-order valence-corrected chi connectivity index (χ4v) is 3.04. The van der Waals surface area contributed by atoms with E-state index >= 15 is 0 Å². The lowest BCUT2D eigenvalue weighted by molar-refractivity contribution is -0.141. The number of carbonyl (C=O) groups is 2. The monoisotopic (exact) mass is 253 g/mol. The average molecular weight is 253 g/mol. The van der Waals surface area contributed by atoms with E-state index in [1.165, 1.54) is 6.42 Å². The van der Waals surface area contributed by atoms with Crippen LogP contribution in [0.3, 0.4) is 0 Å². The number of nitrogens with zero attached hydrogens (tertiary/aromatic N) is 1. The van der Waals surface area contributed by atoms with Crippen molar-refractivity contribution >= 4 is 11.8 Å². The summed E-state index contributed by atoms with van der Waals surface area (Å²) >= 11 is 0. The molecule has 2 atom stereocenters. The van der Waals surface area contributed by atoms with Crippen LogP contribution in [0.5, 0.6) is 0 Å². The van der Waals surface area contributed by atoms with Crippen LogP contribution in [0.2, 0.25) is 0 Å².